The van der Waals surface area contributed by atoms with Crippen LogP contribution in [0.4, 0.5) is 5.69 Å². The van der Waals surface area contributed by atoms with Crippen LogP contribution in [-0.4, -0.2) is 39.3 Å². The van der Waals surface area contributed by atoms with E-state index in [-0.39, 0.29) is 23.3 Å². The summed E-state index contributed by atoms with van der Waals surface area (Å²) in [5.41, 5.74) is 0.305. The number of esters is 1. The van der Waals surface area contributed by atoms with Gasteiger partial charge >= 0.3 is 5.97 Å². The first kappa shape index (κ1) is 28.8. The summed E-state index contributed by atoms with van der Waals surface area (Å²) in [4.78, 5) is 24.2. The molecular formula is C26H41N3O5S. The molecule has 2 atom stereocenters. The number of nitrogens with zero attached hydrogens (tertiary/aromatic N) is 1. The lowest BCUT2D eigenvalue weighted by Gasteiger charge is -2.24. The maximum atomic E-state index is 12.9. The van der Waals surface area contributed by atoms with Gasteiger partial charge in [0.1, 0.15) is 4.90 Å². The van der Waals surface area contributed by atoms with Crippen molar-refractivity contribution in [3.05, 3.63) is 24.3 Å². The van der Waals surface area contributed by atoms with E-state index in [0.717, 1.165) is 38.5 Å². The number of amidine groups is 1. The van der Waals surface area contributed by atoms with E-state index in [1.54, 1.807) is 18.2 Å². The predicted octanol–water partition coefficient (Wildman–Crippen LogP) is 5.19. The summed E-state index contributed by atoms with van der Waals surface area (Å²) in [6.07, 6.45) is 14.2. The normalized spacial score (nSPS) is 15.8. The average molecular weight is 508 g/mol. The fourth-order valence-electron chi connectivity index (χ4n) is 4.25. The lowest BCUT2D eigenvalue weighted by atomic mass is 9.95. The Balaban J connectivity index is 2.00. The van der Waals surface area contributed by atoms with Crippen LogP contribution in [0.25, 0.3) is 0 Å². The summed E-state index contributed by atoms with van der Waals surface area (Å²) in [7, 11) is -4.00. The van der Waals surface area contributed by atoms with Crippen LogP contribution in [0.15, 0.2) is 33.6 Å². The van der Waals surface area contributed by atoms with E-state index in [4.69, 9.17) is 4.74 Å². The molecule has 0 saturated heterocycles. The molecule has 0 saturated carbocycles. The zero-order chi connectivity index (χ0) is 25.5. The summed E-state index contributed by atoms with van der Waals surface area (Å²) >= 11 is 0. The summed E-state index contributed by atoms with van der Waals surface area (Å²) < 4.78 is 34.5. The Bertz CT molecular complexity index is 933. The number of benzene rings is 1. The van der Waals surface area contributed by atoms with Crippen LogP contribution in [0.3, 0.4) is 0 Å². The molecule has 1 heterocycles. The first-order chi connectivity index (χ1) is 16.9. The zero-order valence-electron chi connectivity index (χ0n) is 21.1. The maximum absolute atomic E-state index is 12.9. The number of rotatable bonds is 18. The first-order valence-corrected chi connectivity index (χ1v) is 14.4. The average Bonchev–Trinajstić information content (AvgIpc) is 2.84. The van der Waals surface area contributed by atoms with E-state index >= 15 is 0 Å². The topological polar surface area (TPSA) is 114 Å². The number of unbranched alkanes of at least 4 members (excludes halogenated alkanes) is 8. The largest absolute Gasteiger partial charge is 0.464 e. The second-order valence-electron chi connectivity index (χ2n) is 9.19. The number of para-hydroxylation sites is 1. The predicted molar refractivity (Wildman–Crippen MR) is 139 cm³/mol. The fourth-order valence-corrected chi connectivity index (χ4v) is 5.41. The highest BCUT2D eigenvalue weighted by atomic mass is 32.2. The van der Waals surface area contributed by atoms with Crippen molar-refractivity contribution < 1.29 is 22.7 Å². The highest BCUT2D eigenvalue weighted by molar-refractivity contribution is 7.90. The van der Waals surface area contributed by atoms with Crippen LogP contribution >= 0.6 is 0 Å². The van der Waals surface area contributed by atoms with Gasteiger partial charge in [-0.25, -0.2) is 4.79 Å². The lowest BCUT2D eigenvalue weighted by molar-refractivity contribution is -0.146. The minimum Gasteiger partial charge on any atom is -0.464 e. The molecule has 1 aromatic rings. The van der Waals surface area contributed by atoms with E-state index in [1.165, 1.54) is 44.6 Å². The molecule has 0 radical (unpaired) electrons. The van der Waals surface area contributed by atoms with Crippen molar-refractivity contribution in [3.63, 3.8) is 0 Å². The maximum Gasteiger partial charge on any atom is 0.336 e. The summed E-state index contributed by atoms with van der Waals surface area (Å²) in [5, 5.41) is 5.22. The molecule has 9 heteroatoms. The molecule has 1 amide bonds. The number of sulfonamides is 1. The number of carbonyl (C=O) groups excluding carboxylic acids is 2. The molecular weight excluding hydrogens is 466 g/mol. The third kappa shape index (κ3) is 9.63. The van der Waals surface area contributed by atoms with Crippen molar-refractivity contribution in [3.8, 4) is 0 Å². The van der Waals surface area contributed by atoms with E-state index in [1.807, 2.05) is 0 Å². The van der Waals surface area contributed by atoms with Crippen LogP contribution in [0.1, 0.15) is 90.9 Å². The number of amides is 1. The van der Waals surface area contributed by atoms with Gasteiger partial charge in [0.25, 0.3) is 10.0 Å². The van der Waals surface area contributed by atoms with E-state index in [2.05, 4.69) is 28.9 Å². The summed E-state index contributed by atoms with van der Waals surface area (Å²) in [6, 6.07) is 4.96. The quantitative estimate of drug-likeness (QED) is 0.160. The molecule has 0 spiro atoms. The number of hydrogen-bond acceptors (Lipinski definition) is 6. The highest BCUT2D eigenvalue weighted by Gasteiger charge is 2.33. The van der Waals surface area contributed by atoms with Crippen molar-refractivity contribution in [2.45, 2.75) is 102 Å². The monoisotopic (exact) mass is 507 g/mol. The second-order valence-corrected chi connectivity index (χ2v) is 10.8. The Kier molecular flexibility index (Phi) is 12.8. The van der Waals surface area contributed by atoms with Crippen LogP contribution < -0.4 is 10.6 Å². The van der Waals surface area contributed by atoms with Crippen molar-refractivity contribution in [1.29, 1.82) is 0 Å². The molecule has 0 fully saturated rings. The number of hydrogen-bond donors (Lipinski definition) is 2. The second kappa shape index (κ2) is 15.5. The Morgan fingerprint density at radius 1 is 1.00 bits per heavy atom. The molecule has 196 valence electrons. The highest BCUT2D eigenvalue weighted by Crippen LogP contribution is 2.27. The van der Waals surface area contributed by atoms with Crippen LogP contribution in [0, 0.1) is 5.92 Å². The molecule has 1 aromatic carbocycles. The first-order valence-electron chi connectivity index (χ1n) is 13.0. The lowest BCUT2D eigenvalue weighted by Crippen LogP contribution is -2.48. The SMILES string of the molecule is CCCCCCCCC(CCCCCC)COC(=O)C(NC=O)C1=NS(=O)(=O)c2ccccc2N1. The van der Waals surface area contributed by atoms with E-state index in [9.17, 15) is 18.0 Å². The van der Waals surface area contributed by atoms with Gasteiger partial charge in [-0.05, 0) is 30.9 Å². The van der Waals surface area contributed by atoms with Gasteiger partial charge in [-0.1, -0.05) is 90.2 Å². The molecule has 2 rings (SSSR count). The minimum atomic E-state index is -4.00. The van der Waals surface area contributed by atoms with Crippen molar-refractivity contribution >= 4 is 33.9 Å². The molecule has 2 N–H and O–H groups in total. The van der Waals surface area contributed by atoms with Crippen LogP contribution in [0.2, 0.25) is 0 Å². The molecule has 35 heavy (non-hydrogen) atoms. The molecule has 0 aromatic heterocycles. The van der Waals surface area contributed by atoms with Gasteiger partial charge in [-0.2, -0.15) is 8.42 Å². The number of anilines is 1. The number of fused-ring (bicyclic) bond motifs is 1. The van der Waals surface area contributed by atoms with Crippen molar-refractivity contribution in [1.82, 2.24) is 5.32 Å². The van der Waals surface area contributed by atoms with Crippen LogP contribution in [-0.2, 0) is 24.3 Å². The summed E-state index contributed by atoms with van der Waals surface area (Å²) in [6.45, 7) is 4.62. The van der Waals surface area contributed by atoms with E-state index < -0.39 is 22.0 Å². The van der Waals surface area contributed by atoms with Crippen molar-refractivity contribution in [2.24, 2.45) is 10.3 Å². The van der Waals surface area contributed by atoms with Gasteiger partial charge in [0.05, 0.1) is 12.3 Å². The molecule has 1 aliphatic rings. The number of carbonyl (C=O) groups is 2. The molecule has 8 nitrogen and oxygen atoms in total. The third-order valence-corrected chi connectivity index (χ3v) is 7.63. The van der Waals surface area contributed by atoms with Gasteiger partial charge in [0.15, 0.2) is 11.9 Å². The standard InChI is InChI=1S/C26H41N3O5S/c1-3-5-7-9-10-12-16-21(15-11-8-6-4-2)19-34-26(31)24(27-20-30)25-28-22-17-13-14-18-23(22)35(32,33)29-25/h13-14,17-18,20-21,24H,3-12,15-16,19H2,1-2H3,(H,27,30)(H,28,29). The van der Waals surface area contributed by atoms with Gasteiger partial charge < -0.3 is 15.4 Å². The minimum absolute atomic E-state index is 0.0213. The third-order valence-electron chi connectivity index (χ3n) is 6.28. The Morgan fingerprint density at radius 2 is 1.60 bits per heavy atom. The fraction of sp³-hybridized carbons (Fsp3) is 0.654. The smallest absolute Gasteiger partial charge is 0.336 e. The van der Waals surface area contributed by atoms with Crippen molar-refractivity contribution in [2.75, 3.05) is 11.9 Å². The Morgan fingerprint density at radius 3 is 2.26 bits per heavy atom. The van der Waals surface area contributed by atoms with Gasteiger partial charge in [-0.3, -0.25) is 4.79 Å². The number of nitrogens with one attached hydrogen (secondary N) is 2. The Hall–Kier alpha value is -2.42. The summed E-state index contributed by atoms with van der Waals surface area (Å²) in [5.74, 6) is -0.653. The molecule has 0 aliphatic carbocycles. The van der Waals surface area contributed by atoms with E-state index in [0.29, 0.717) is 12.1 Å². The molecule has 0 bridgehead atoms. The molecule has 2 unspecified atom stereocenters. The number of ether oxygens (including phenoxy) is 1. The van der Waals surface area contributed by atoms with Crippen LogP contribution in [0.5, 0.6) is 0 Å². The Labute approximate surface area is 210 Å². The van der Waals surface area contributed by atoms with Gasteiger partial charge in [0, 0.05) is 0 Å². The van der Waals surface area contributed by atoms with Gasteiger partial charge in [-0.15, -0.1) is 4.40 Å². The van der Waals surface area contributed by atoms with Gasteiger partial charge in [0.2, 0.25) is 6.41 Å². The zero-order valence-corrected chi connectivity index (χ0v) is 21.9. The molecule has 1 aliphatic heterocycles.